The van der Waals surface area contributed by atoms with Gasteiger partial charge in [0.15, 0.2) is 0 Å². The summed E-state index contributed by atoms with van der Waals surface area (Å²) in [6.45, 7) is 4.05. The highest BCUT2D eigenvalue weighted by atomic mass is 35.5. The van der Waals surface area contributed by atoms with Crippen molar-refractivity contribution in [3.8, 4) is 11.6 Å². The fraction of sp³-hybridized carbons (Fsp3) is 0.424. The normalized spacial score (nSPS) is 22.5. The van der Waals surface area contributed by atoms with Crippen LogP contribution in [0, 0.1) is 5.82 Å². The molecule has 2 unspecified atom stereocenters. The van der Waals surface area contributed by atoms with Crippen LogP contribution in [0.1, 0.15) is 30.9 Å². The number of pyridine rings is 1. The lowest BCUT2D eigenvalue weighted by atomic mass is 9.68. The number of carbonyl (C=O) groups excluding carboxylic acids is 1. The van der Waals surface area contributed by atoms with E-state index in [4.69, 9.17) is 21.1 Å². The second-order valence-corrected chi connectivity index (χ2v) is 14.3. The number of methoxy groups -OCH3 is 1. The highest BCUT2D eigenvalue weighted by Gasteiger charge is 2.64. The molecule has 3 aliphatic rings. The van der Waals surface area contributed by atoms with Gasteiger partial charge in [0.2, 0.25) is 5.88 Å². The molecular formula is C33H37ClFN5O7S. The molecule has 3 aromatic rings. The molecule has 2 fully saturated rings. The summed E-state index contributed by atoms with van der Waals surface area (Å²) in [6.07, 6.45) is 1.81. The number of likely N-dealkylation sites (tertiary alicyclic amines) is 1. The number of carbonyl (C=O) groups is 2. The zero-order valence-corrected chi connectivity index (χ0v) is 28.4. The number of ether oxygens (including phenoxy) is 2. The third-order valence-corrected chi connectivity index (χ3v) is 11.6. The molecule has 2 aromatic carbocycles. The first kappa shape index (κ1) is 33.9. The Morgan fingerprint density at radius 3 is 2.46 bits per heavy atom. The smallest absolute Gasteiger partial charge is 0.407 e. The van der Waals surface area contributed by atoms with Crippen LogP contribution in [0.4, 0.5) is 14.9 Å². The molecule has 0 saturated carbocycles. The molecule has 0 bridgehead atoms. The van der Waals surface area contributed by atoms with Crippen molar-refractivity contribution in [2.24, 2.45) is 0 Å². The number of piperazine rings is 1. The molecule has 15 heteroatoms. The van der Waals surface area contributed by atoms with Crippen molar-refractivity contribution >= 4 is 39.3 Å². The van der Waals surface area contributed by atoms with Gasteiger partial charge in [-0.25, -0.2) is 26.9 Å². The molecule has 1 N–H and O–H groups in total. The van der Waals surface area contributed by atoms with E-state index in [1.165, 1.54) is 37.6 Å². The number of hydrogen-bond acceptors (Lipinski definition) is 9. The molecule has 2 saturated heterocycles. The summed E-state index contributed by atoms with van der Waals surface area (Å²) >= 11 is 6.28. The maximum atomic E-state index is 15.6. The van der Waals surface area contributed by atoms with Crippen molar-refractivity contribution in [1.29, 1.82) is 0 Å². The maximum absolute atomic E-state index is 15.6. The Bertz CT molecular complexity index is 1820. The van der Waals surface area contributed by atoms with E-state index >= 15 is 9.18 Å². The van der Waals surface area contributed by atoms with E-state index in [-0.39, 0.29) is 53.3 Å². The van der Waals surface area contributed by atoms with Crippen LogP contribution in [-0.4, -0.2) is 111 Å². The van der Waals surface area contributed by atoms with Crippen LogP contribution in [0.25, 0.3) is 0 Å². The predicted octanol–water partition coefficient (Wildman–Crippen LogP) is 4.06. The van der Waals surface area contributed by atoms with Gasteiger partial charge in [0.1, 0.15) is 17.0 Å². The van der Waals surface area contributed by atoms with Crippen molar-refractivity contribution < 1.29 is 37.0 Å². The fourth-order valence-electron chi connectivity index (χ4n) is 7.30. The van der Waals surface area contributed by atoms with Gasteiger partial charge < -0.3 is 24.4 Å². The lowest BCUT2D eigenvalue weighted by Gasteiger charge is -2.50. The second-order valence-electron chi connectivity index (χ2n) is 12.2. The number of fused-ring (bicyclic) bond motifs is 1. The van der Waals surface area contributed by atoms with Crippen LogP contribution in [-0.2, 0) is 20.2 Å². The number of piperidine rings is 1. The highest BCUT2D eigenvalue weighted by molar-refractivity contribution is 7.93. The molecule has 256 valence electrons. The molecular weight excluding hydrogens is 665 g/mol. The average molecular weight is 702 g/mol. The first-order valence-electron chi connectivity index (χ1n) is 15.7. The first-order chi connectivity index (χ1) is 22.9. The van der Waals surface area contributed by atoms with Crippen LogP contribution in [0.15, 0.2) is 59.6 Å². The number of hydrogen-bond donors (Lipinski definition) is 1. The van der Waals surface area contributed by atoms with Crippen molar-refractivity contribution in [3.05, 3.63) is 76.7 Å². The minimum atomic E-state index is -4.68. The van der Waals surface area contributed by atoms with Gasteiger partial charge in [0, 0.05) is 43.0 Å². The maximum Gasteiger partial charge on any atom is 0.407 e. The molecule has 4 heterocycles. The molecule has 6 rings (SSSR count). The summed E-state index contributed by atoms with van der Waals surface area (Å²) < 4.78 is 56.4. The first-order valence-corrected chi connectivity index (χ1v) is 17.5. The molecule has 1 aromatic heterocycles. The van der Waals surface area contributed by atoms with E-state index in [1.807, 2.05) is 7.05 Å². The van der Waals surface area contributed by atoms with E-state index in [0.29, 0.717) is 16.6 Å². The second kappa shape index (κ2) is 13.1. The molecule has 12 nitrogen and oxygen atoms in total. The number of anilines is 1. The van der Waals surface area contributed by atoms with E-state index in [2.05, 4.69) is 14.8 Å². The van der Waals surface area contributed by atoms with Crippen molar-refractivity contribution in [1.82, 2.24) is 19.7 Å². The third-order valence-electron chi connectivity index (χ3n) is 9.64. The van der Waals surface area contributed by atoms with Crippen LogP contribution in [0.2, 0.25) is 5.02 Å². The summed E-state index contributed by atoms with van der Waals surface area (Å²) in [6, 6.07) is 9.63. The van der Waals surface area contributed by atoms with Crippen molar-refractivity contribution in [3.63, 3.8) is 0 Å². The predicted molar refractivity (Wildman–Crippen MR) is 176 cm³/mol. The van der Waals surface area contributed by atoms with Gasteiger partial charge in [0.25, 0.3) is 15.9 Å². The van der Waals surface area contributed by atoms with Crippen LogP contribution in [0.5, 0.6) is 11.6 Å². The summed E-state index contributed by atoms with van der Waals surface area (Å²) in [5.41, 5.74) is -2.23. The molecule has 48 heavy (non-hydrogen) atoms. The van der Waals surface area contributed by atoms with Gasteiger partial charge in [-0.1, -0.05) is 17.7 Å². The van der Waals surface area contributed by atoms with Crippen molar-refractivity contribution in [2.45, 2.75) is 42.2 Å². The Morgan fingerprint density at radius 2 is 1.81 bits per heavy atom. The summed E-state index contributed by atoms with van der Waals surface area (Å²) in [5.74, 6) is -1.50. The number of benzene rings is 2. The van der Waals surface area contributed by atoms with Gasteiger partial charge in [-0.15, -0.1) is 0 Å². The number of aromatic nitrogens is 1. The van der Waals surface area contributed by atoms with E-state index in [9.17, 15) is 18.3 Å². The van der Waals surface area contributed by atoms with Gasteiger partial charge in [0.05, 0.1) is 35.4 Å². The fourth-order valence-corrected chi connectivity index (χ4v) is 8.92. The van der Waals surface area contributed by atoms with E-state index < -0.39 is 44.3 Å². The molecule has 2 atom stereocenters. The monoisotopic (exact) mass is 701 g/mol. The largest absolute Gasteiger partial charge is 0.497 e. The zero-order chi connectivity index (χ0) is 34.4. The van der Waals surface area contributed by atoms with Crippen molar-refractivity contribution in [2.75, 3.05) is 57.8 Å². The molecule has 0 radical (unpaired) electrons. The standard InChI is InChI=1S/C33H37ClFN5O7S/c1-4-47-30-24(6-5-13-36-30)33(29-20-38(16-17-39(29)32(42)43)21-11-14-37(2)15-12-21)25-18-27(35)26(34)19-28(25)40(31(33)41)48(44,45)23-9-7-22(46-3)8-10-23/h5-10,13,18-19,21,29H,4,11-12,14-17,20H2,1-3H3,(H,42,43). The van der Waals surface area contributed by atoms with Gasteiger partial charge in [-0.2, -0.15) is 0 Å². The third kappa shape index (κ3) is 5.54. The van der Waals surface area contributed by atoms with Gasteiger partial charge in [-0.05, 0) is 82.4 Å². The summed E-state index contributed by atoms with van der Waals surface area (Å²) in [5, 5.41) is 10.2. The Labute approximate surface area is 283 Å². The number of nitrogens with zero attached hydrogens (tertiary/aromatic N) is 5. The lowest BCUT2D eigenvalue weighted by Crippen LogP contribution is -2.67. The Hall–Kier alpha value is -3.98. The molecule has 0 aliphatic carbocycles. The topological polar surface area (TPSA) is 133 Å². The Morgan fingerprint density at radius 1 is 1.10 bits per heavy atom. The minimum Gasteiger partial charge on any atom is -0.497 e. The Kier molecular flexibility index (Phi) is 9.28. The Balaban J connectivity index is 1.63. The molecule has 2 amide bonds. The number of sulfonamides is 1. The van der Waals surface area contributed by atoms with E-state index in [0.717, 1.165) is 43.0 Å². The summed E-state index contributed by atoms with van der Waals surface area (Å²) in [7, 11) is -1.20. The minimum absolute atomic E-state index is 0.0000991. The quantitative estimate of drug-likeness (QED) is 0.367. The lowest BCUT2D eigenvalue weighted by molar-refractivity contribution is -0.124. The van der Waals surface area contributed by atoms with E-state index in [1.54, 1.807) is 19.1 Å². The van der Waals surface area contributed by atoms with Crippen LogP contribution in [0.3, 0.4) is 0 Å². The number of rotatable bonds is 8. The highest BCUT2D eigenvalue weighted by Crippen LogP contribution is 2.55. The molecule has 0 spiro atoms. The van der Waals surface area contributed by atoms with Gasteiger partial charge >= 0.3 is 6.09 Å². The number of amides is 2. The summed E-state index contributed by atoms with van der Waals surface area (Å²) in [4.78, 5) is 38.2. The van der Waals surface area contributed by atoms with Gasteiger partial charge in [-0.3, -0.25) is 9.69 Å². The molecule has 3 aliphatic heterocycles. The SMILES string of the molecule is CCOc1ncccc1C1(C2CN(C3CCN(C)CC3)CCN2C(=O)O)C(=O)N(S(=O)(=O)c2ccc(OC)cc2)c2cc(Cl)c(F)cc21. The zero-order valence-electron chi connectivity index (χ0n) is 26.8. The average Bonchev–Trinajstić information content (AvgIpc) is 3.33. The number of carboxylic acid groups (broad SMARTS) is 1. The van der Waals surface area contributed by atoms with Crippen LogP contribution >= 0.6 is 11.6 Å². The van der Waals surface area contributed by atoms with Crippen LogP contribution < -0.4 is 13.8 Å². The number of halogens is 2.